The van der Waals surface area contributed by atoms with Gasteiger partial charge in [-0.15, -0.1) is 0 Å². The molecule has 0 aromatic carbocycles. The van der Waals surface area contributed by atoms with E-state index in [1.165, 1.54) is 12.8 Å². The molecule has 1 fully saturated rings. The maximum Gasteiger partial charge on any atom is 0.165 e. The molecule has 1 unspecified atom stereocenters. The highest BCUT2D eigenvalue weighted by atomic mass is 32.1. The molecule has 2 rings (SSSR count). The highest BCUT2D eigenvalue weighted by molar-refractivity contribution is 7.08. The quantitative estimate of drug-likeness (QED) is 0.747. The first-order chi connectivity index (χ1) is 6.27. The molecule has 70 valence electrons. The maximum atomic E-state index is 11.6. The van der Waals surface area contributed by atoms with Gasteiger partial charge in [0.05, 0.1) is 0 Å². The Morgan fingerprint density at radius 3 is 3.00 bits per heavy atom. The summed E-state index contributed by atoms with van der Waals surface area (Å²) in [6.45, 7) is 0. The van der Waals surface area contributed by atoms with E-state index in [0.717, 1.165) is 5.56 Å². The maximum absolute atomic E-state index is 11.6. The van der Waals surface area contributed by atoms with Crippen molar-refractivity contribution in [1.82, 2.24) is 0 Å². The van der Waals surface area contributed by atoms with Crippen LogP contribution in [0.25, 0.3) is 0 Å². The predicted molar refractivity (Wildman–Crippen MR) is 54.0 cm³/mol. The van der Waals surface area contributed by atoms with E-state index >= 15 is 0 Å². The van der Waals surface area contributed by atoms with E-state index in [1.807, 2.05) is 16.8 Å². The Kier molecular flexibility index (Phi) is 2.47. The summed E-state index contributed by atoms with van der Waals surface area (Å²) in [5.41, 5.74) is 6.69. The number of Topliss-reactive ketones (excluding diaryl/α,β-unsaturated/α-hetero) is 1. The van der Waals surface area contributed by atoms with Crippen molar-refractivity contribution in [3.63, 3.8) is 0 Å². The van der Waals surface area contributed by atoms with E-state index in [-0.39, 0.29) is 11.8 Å². The molecule has 2 N–H and O–H groups in total. The van der Waals surface area contributed by atoms with E-state index in [0.29, 0.717) is 12.3 Å². The number of hydrogen-bond donors (Lipinski definition) is 1. The monoisotopic (exact) mass is 195 g/mol. The average molecular weight is 195 g/mol. The van der Waals surface area contributed by atoms with Gasteiger partial charge in [0, 0.05) is 23.4 Å². The van der Waals surface area contributed by atoms with Crippen LogP contribution in [0.4, 0.5) is 0 Å². The average Bonchev–Trinajstić information content (AvgIpc) is 2.81. The van der Waals surface area contributed by atoms with Crippen LogP contribution in [-0.4, -0.2) is 11.8 Å². The summed E-state index contributed by atoms with van der Waals surface area (Å²) in [6, 6.07) is 1.96. The van der Waals surface area contributed by atoms with Gasteiger partial charge >= 0.3 is 0 Å². The zero-order chi connectivity index (χ0) is 9.26. The SMILES string of the molecule is NC(CC(=O)c1ccsc1)C1CC1. The fourth-order valence-corrected chi connectivity index (χ4v) is 2.11. The van der Waals surface area contributed by atoms with Gasteiger partial charge in [-0.1, -0.05) is 0 Å². The molecule has 1 saturated carbocycles. The van der Waals surface area contributed by atoms with Gasteiger partial charge in [-0.2, -0.15) is 11.3 Å². The number of thiophene rings is 1. The molecule has 13 heavy (non-hydrogen) atoms. The molecule has 1 aromatic heterocycles. The molecule has 1 aromatic rings. The molecule has 1 aliphatic carbocycles. The van der Waals surface area contributed by atoms with E-state index in [2.05, 4.69) is 0 Å². The zero-order valence-corrected chi connectivity index (χ0v) is 8.22. The molecule has 0 amide bonds. The number of ketones is 1. The summed E-state index contributed by atoms with van der Waals surface area (Å²) in [5, 5.41) is 3.82. The fourth-order valence-electron chi connectivity index (χ4n) is 1.45. The van der Waals surface area contributed by atoms with Gasteiger partial charge in [0.2, 0.25) is 0 Å². The van der Waals surface area contributed by atoms with Crippen LogP contribution in [0.3, 0.4) is 0 Å². The van der Waals surface area contributed by atoms with Crippen LogP contribution >= 0.6 is 11.3 Å². The third-order valence-electron chi connectivity index (χ3n) is 2.49. The minimum atomic E-state index is 0.0902. The van der Waals surface area contributed by atoms with E-state index in [9.17, 15) is 4.79 Å². The Hall–Kier alpha value is -0.670. The number of carbonyl (C=O) groups is 1. The summed E-state index contributed by atoms with van der Waals surface area (Å²) in [6.07, 6.45) is 2.93. The Balaban J connectivity index is 1.91. The van der Waals surface area contributed by atoms with Crippen molar-refractivity contribution in [3.05, 3.63) is 22.4 Å². The predicted octanol–water partition coefficient (Wildman–Crippen LogP) is 2.06. The molecule has 0 aliphatic heterocycles. The molecule has 3 heteroatoms. The van der Waals surface area contributed by atoms with Crippen molar-refractivity contribution < 1.29 is 4.79 Å². The number of hydrogen-bond acceptors (Lipinski definition) is 3. The van der Waals surface area contributed by atoms with Crippen molar-refractivity contribution >= 4 is 17.1 Å². The fraction of sp³-hybridized carbons (Fsp3) is 0.500. The highest BCUT2D eigenvalue weighted by Crippen LogP contribution is 2.33. The first kappa shape index (κ1) is 8.91. The van der Waals surface area contributed by atoms with Crippen molar-refractivity contribution in [2.75, 3.05) is 0 Å². The topological polar surface area (TPSA) is 43.1 Å². The molecule has 1 aliphatic rings. The molecule has 1 atom stereocenters. The molecule has 0 radical (unpaired) electrons. The van der Waals surface area contributed by atoms with Crippen molar-refractivity contribution in [1.29, 1.82) is 0 Å². The van der Waals surface area contributed by atoms with E-state index in [1.54, 1.807) is 11.3 Å². The van der Waals surface area contributed by atoms with Crippen LogP contribution < -0.4 is 5.73 Å². The summed E-state index contributed by atoms with van der Waals surface area (Å²) in [4.78, 5) is 11.6. The van der Waals surface area contributed by atoms with Crippen LogP contribution in [0.2, 0.25) is 0 Å². The summed E-state index contributed by atoms with van der Waals surface area (Å²) >= 11 is 1.56. The Labute approximate surface area is 81.8 Å². The van der Waals surface area contributed by atoms with E-state index < -0.39 is 0 Å². The standard InChI is InChI=1S/C10H13NOS/c11-9(7-1-2-7)5-10(12)8-3-4-13-6-8/h3-4,6-7,9H,1-2,5,11H2. The zero-order valence-electron chi connectivity index (χ0n) is 7.40. The molecule has 0 bridgehead atoms. The lowest BCUT2D eigenvalue weighted by Gasteiger charge is -2.07. The Morgan fingerprint density at radius 1 is 1.69 bits per heavy atom. The first-order valence-electron chi connectivity index (χ1n) is 4.58. The van der Waals surface area contributed by atoms with Gasteiger partial charge in [0.15, 0.2) is 5.78 Å². The van der Waals surface area contributed by atoms with Gasteiger partial charge < -0.3 is 5.73 Å². The molecule has 1 heterocycles. The van der Waals surface area contributed by atoms with Gasteiger partial charge in [0.1, 0.15) is 0 Å². The third kappa shape index (κ3) is 2.17. The number of rotatable bonds is 4. The van der Waals surface area contributed by atoms with Crippen LogP contribution in [0, 0.1) is 5.92 Å². The lowest BCUT2D eigenvalue weighted by molar-refractivity contribution is 0.0972. The van der Waals surface area contributed by atoms with Gasteiger partial charge in [-0.3, -0.25) is 4.79 Å². The minimum Gasteiger partial charge on any atom is -0.327 e. The highest BCUT2D eigenvalue weighted by Gasteiger charge is 2.29. The van der Waals surface area contributed by atoms with Gasteiger partial charge in [-0.05, 0) is 30.2 Å². The summed E-state index contributed by atoms with van der Waals surface area (Å²) in [5.74, 6) is 0.809. The minimum absolute atomic E-state index is 0.0902. The van der Waals surface area contributed by atoms with Crippen molar-refractivity contribution in [2.45, 2.75) is 25.3 Å². The van der Waals surface area contributed by atoms with Crippen LogP contribution in [-0.2, 0) is 0 Å². The number of carbonyl (C=O) groups excluding carboxylic acids is 1. The van der Waals surface area contributed by atoms with Crippen LogP contribution in [0.15, 0.2) is 16.8 Å². The summed E-state index contributed by atoms with van der Waals surface area (Å²) < 4.78 is 0. The lowest BCUT2D eigenvalue weighted by atomic mass is 10.0. The molecule has 0 spiro atoms. The third-order valence-corrected chi connectivity index (χ3v) is 3.17. The Morgan fingerprint density at radius 2 is 2.46 bits per heavy atom. The van der Waals surface area contributed by atoms with E-state index in [4.69, 9.17) is 5.73 Å². The molecule has 2 nitrogen and oxygen atoms in total. The van der Waals surface area contributed by atoms with Crippen LogP contribution in [0.1, 0.15) is 29.6 Å². The second kappa shape index (κ2) is 3.60. The molecular formula is C10H13NOS. The number of nitrogens with two attached hydrogens (primary N) is 1. The van der Waals surface area contributed by atoms with Crippen molar-refractivity contribution in [3.8, 4) is 0 Å². The first-order valence-corrected chi connectivity index (χ1v) is 5.52. The van der Waals surface area contributed by atoms with Gasteiger partial charge in [0.25, 0.3) is 0 Å². The Bertz CT molecular complexity index is 290. The smallest absolute Gasteiger partial charge is 0.165 e. The normalized spacial score (nSPS) is 18.5. The van der Waals surface area contributed by atoms with Crippen LogP contribution in [0.5, 0.6) is 0 Å². The second-order valence-corrected chi connectivity index (χ2v) is 4.42. The molecular weight excluding hydrogens is 182 g/mol. The van der Waals surface area contributed by atoms with Gasteiger partial charge in [-0.25, -0.2) is 0 Å². The molecule has 0 saturated heterocycles. The second-order valence-electron chi connectivity index (χ2n) is 3.64. The van der Waals surface area contributed by atoms with Crippen molar-refractivity contribution in [2.24, 2.45) is 11.7 Å². The lowest BCUT2D eigenvalue weighted by Crippen LogP contribution is -2.25. The largest absolute Gasteiger partial charge is 0.327 e. The summed E-state index contributed by atoms with van der Waals surface area (Å²) in [7, 11) is 0.